The van der Waals surface area contributed by atoms with Gasteiger partial charge in [0.2, 0.25) is 0 Å². The molecule has 0 fully saturated rings. The van der Waals surface area contributed by atoms with Crippen molar-refractivity contribution in [2.24, 2.45) is 0 Å². The molecule has 1 aromatic carbocycles. The van der Waals surface area contributed by atoms with Crippen LogP contribution in [0.3, 0.4) is 0 Å². The van der Waals surface area contributed by atoms with Crippen molar-refractivity contribution < 1.29 is 10.0 Å². The highest BCUT2D eigenvalue weighted by Crippen LogP contribution is 2.17. The van der Waals surface area contributed by atoms with Gasteiger partial charge in [-0.25, -0.2) is 9.97 Å². The molecule has 1 heterocycles. The zero-order chi connectivity index (χ0) is 14.4. The molecule has 0 saturated heterocycles. The van der Waals surface area contributed by atoms with Gasteiger partial charge in [0.15, 0.2) is 0 Å². The third-order valence-corrected chi connectivity index (χ3v) is 2.78. The number of aliphatic hydroxyl groups is 1. The summed E-state index contributed by atoms with van der Waals surface area (Å²) in [4.78, 5) is 17.9. The number of nitro groups is 1. The second-order valence-electron chi connectivity index (χ2n) is 4.20. The molecule has 20 heavy (non-hydrogen) atoms. The highest BCUT2D eigenvalue weighted by molar-refractivity contribution is 5.33. The smallest absolute Gasteiger partial charge is 0.269 e. The number of aromatic nitrogens is 2. The van der Waals surface area contributed by atoms with Crippen molar-refractivity contribution in [3.8, 4) is 0 Å². The van der Waals surface area contributed by atoms with Crippen molar-refractivity contribution in [3.05, 3.63) is 64.2 Å². The molecule has 7 heteroatoms. The minimum atomic E-state index is -0.724. The minimum absolute atomic E-state index is 0.00916. The fraction of sp³-hybridized carbons (Fsp3) is 0.231. The van der Waals surface area contributed by atoms with E-state index in [0.29, 0.717) is 18.7 Å². The van der Waals surface area contributed by atoms with E-state index >= 15 is 0 Å². The quantitative estimate of drug-likeness (QED) is 0.606. The van der Waals surface area contributed by atoms with Crippen LogP contribution in [0.4, 0.5) is 5.69 Å². The number of hydrogen-bond acceptors (Lipinski definition) is 6. The molecule has 1 unspecified atom stereocenters. The Morgan fingerprint density at radius 2 is 2.05 bits per heavy atom. The van der Waals surface area contributed by atoms with Gasteiger partial charge < -0.3 is 10.4 Å². The fourth-order valence-electron chi connectivity index (χ4n) is 1.70. The number of benzene rings is 1. The Balaban J connectivity index is 1.85. The average Bonchev–Trinajstić information content (AvgIpc) is 2.48. The Morgan fingerprint density at radius 3 is 2.65 bits per heavy atom. The van der Waals surface area contributed by atoms with Crippen molar-refractivity contribution in [1.29, 1.82) is 0 Å². The highest BCUT2D eigenvalue weighted by Gasteiger charge is 2.10. The maximum atomic E-state index is 10.5. The van der Waals surface area contributed by atoms with E-state index in [9.17, 15) is 15.2 Å². The van der Waals surface area contributed by atoms with Crippen LogP contribution >= 0.6 is 0 Å². The molecule has 2 N–H and O–H groups in total. The molecule has 1 aromatic heterocycles. The van der Waals surface area contributed by atoms with E-state index in [1.54, 1.807) is 24.4 Å². The van der Waals surface area contributed by atoms with Gasteiger partial charge in [-0.15, -0.1) is 0 Å². The summed E-state index contributed by atoms with van der Waals surface area (Å²) in [5.74, 6) is 0. The summed E-state index contributed by atoms with van der Waals surface area (Å²) < 4.78 is 0. The topological polar surface area (TPSA) is 101 Å². The second kappa shape index (κ2) is 6.69. The first-order valence-electron chi connectivity index (χ1n) is 6.05. The third-order valence-electron chi connectivity index (χ3n) is 2.78. The first kappa shape index (κ1) is 14.0. The van der Waals surface area contributed by atoms with Gasteiger partial charge in [-0.2, -0.15) is 0 Å². The van der Waals surface area contributed by atoms with Crippen molar-refractivity contribution in [3.63, 3.8) is 0 Å². The van der Waals surface area contributed by atoms with Gasteiger partial charge in [0.25, 0.3) is 5.69 Å². The van der Waals surface area contributed by atoms with Crippen LogP contribution in [0.1, 0.15) is 17.4 Å². The Bertz CT molecular complexity index is 560. The summed E-state index contributed by atoms with van der Waals surface area (Å²) in [5, 5.41) is 23.6. The lowest BCUT2D eigenvalue weighted by Crippen LogP contribution is -2.21. The van der Waals surface area contributed by atoms with E-state index in [1.165, 1.54) is 18.5 Å². The van der Waals surface area contributed by atoms with Crippen LogP contribution in [0.2, 0.25) is 0 Å². The molecular weight excluding hydrogens is 260 g/mol. The van der Waals surface area contributed by atoms with Crippen LogP contribution in [-0.2, 0) is 6.54 Å². The summed E-state index contributed by atoms with van der Waals surface area (Å²) in [7, 11) is 0. The molecule has 1 atom stereocenters. The number of non-ortho nitro benzene ring substituents is 1. The average molecular weight is 274 g/mol. The van der Waals surface area contributed by atoms with Crippen molar-refractivity contribution in [2.45, 2.75) is 12.6 Å². The molecular formula is C13H14N4O3. The van der Waals surface area contributed by atoms with Crippen molar-refractivity contribution >= 4 is 5.69 Å². The molecule has 0 bridgehead atoms. The van der Waals surface area contributed by atoms with E-state index in [0.717, 1.165) is 5.69 Å². The number of hydrogen-bond donors (Lipinski definition) is 2. The summed E-state index contributed by atoms with van der Waals surface area (Å²) >= 11 is 0. The van der Waals surface area contributed by atoms with Crippen LogP contribution in [0, 0.1) is 10.1 Å². The van der Waals surface area contributed by atoms with E-state index in [2.05, 4.69) is 15.3 Å². The summed E-state index contributed by atoms with van der Waals surface area (Å²) in [5.41, 5.74) is 1.47. The van der Waals surface area contributed by atoms with Gasteiger partial charge in [-0.3, -0.25) is 10.1 Å². The summed E-state index contributed by atoms with van der Waals surface area (Å²) in [6.45, 7) is 0.856. The van der Waals surface area contributed by atoms with Crippen LogP contribution in [-0.4, -0.2) is 26.5 Å². The van der Waals surface area contributed by atoms with Gasteiger partial charge >= 0.3 is 0 Å². The number of nitro benzene ring substituents is 1. The standard InChI is InChI=1S/C13H14N4O3/c18-13(8-15-7-11-5-6-14-9-16-11)10-1-3-12(4-2-10)17(19)20/h1-6,9,13,15,18H,7-8H2. The van der Waals surface area contributed by atoms with Gasteiger partial charge in [0.05, 0.1) is 16.7 Å². The molecule has 0 radical (unpaired) electrons. The van der Waals surface area contributed by atoms with E-state index < -0.39 is 11.0 Å². The van der Waals surface area contributed by atoms with Crippen LogP contribution in [0.5, 0.6) is 0 Å². The molecule has 0 aliphatic rings. The highest BCUT2D eigenvalue weighted by atomic mass is 16.6. The van der Waals surface area contributed by atoms with Crippen molar-refractivity contribution in [1.82, 2.24) is 15.3 Å². The molecule has 104 valence electrons. The van der Waals surface area contributed by atoms with Crippen LogP contribution in [0.15, 0.2) is 42.9 Å². The number of nitrogens with zero attached hydrogens (tertiary/aromatic N) is 3. The fourth-order valence-corrected chi connectivity index (χ4v) is 1.70. The Labute approximate surface area is 115 Å². The molecule has 2 aromatic rings. The molecule has 7 nitrogen and oxygen atoms in total. The van der Waals surface area contributed by atoms with E-state index in [-0.39, 0.29) is 5.69 Å². The summed E-state index contributed by atoms with van der Waals surface area (Å²) in [6, 6.07) is 7.64. The Hall–Kier alpha value is -2.38. The molecule has 0 aliphatic heterocycles. The monoisotopic (exact) mass is 274 g/mol. The zero-order valence-electron chi connectivity index (χ0n) is 10.6. The van der Waals surface area contributed by atoms with Gasteiger partial charge in [0.1, 0.15) is 6.33 Å². The van der Waals surface area contributed by atoms with Gasteiger partial charge in [-0.05, 0) is 23.8 Å². The molecule has 0 spiro atoms. The van der Waals surface area contributed by atoms with Crippen LogP contribution < -0.4 is 5.32 Å². The predicted octanol–water partition coefficient (Wildman–Crippen LogP) is 1.21. The summed E-state index contributed by atoms with van der Waals surface area (Å²) in [6.07, 6.45) is 2.39. The van der Waals surface area contributed by atoms with E-state index in [4.69, 9.17) is 0 Å². The maximum absolute atomic E-state index is 10.5. The second-order valence-corrected chi connectivity index (χ2v) is 4.20. The van der Waals surface area contributed by atoms with Gasteiger partial charge in [-0.1, -0.05) is 0 Å². The predicted molar refractivity (Wildman–Crippen MR) is 71.8 cm³/mol. The Kier molecular flexibility index (Phi) is 4.70. The van der Waals surface area contributed by atoms with E-state index in [1.807, 2.05) is 0 Å². The lowest BCUT2D eigenvalue weighted by Gasteiger charge is -2.11. The Morgan fingerprint density at radius 1 is 1.30 bits per heavy atom. The first-order chi connectivity index (χ1) is 9.66. The number of rotatable bonds is 6. The maximum Gasteiger partial charge on any atom is 0.269 e. The third kappa shape index (κ3) is 3.81. The van der Waals surface area contributed by atoms with Crippen LogP contribution in [0.25, 0.3) is 0 Å². The SMILES string of the molecule is O=[N+]([O-])c1ccc(C(O)CNCc2ccncn2)cc1. The van der Waals surface area contributed by atoms with Gasteiger partial charge in [0, 0.05) is 31.4 Å². The normalized spacial score (nSPS) is 12.1. The lowest BCUT2D eigenvalue weighted by atomic mass is 10.1. The zero-order valence-corrected chi connectivity index (χ0v) is 10.6. The molecule has 0 saturated carbocycles. The lowest BCUT2D eigenvalue weighted by molar-refractivity contribution is -0.384. The number of aliphatic hydroxyl groups excluding tert-OH is 1. The first-order valence-corrected chi connectivity index (χ1v) is 6.05. The van der Waals surface area contributed by atoms with Crippen molar-refractivity contribution in [2.75, 3.05) is 6.54 Å². The molecule has 0 aliphatic carbocycles. The molecule has 2 rings (SSSR count). The minimum Gasteiger partial charge on any atom is -0.387 e. The molecule has 0 amide bonds. The largest absolute Gasteiger partial charge is 0.387 e. The number of nitrogens with one attached hydrogen (secondary N) is 1.